The van der Waals surface area contributed by atoms with Crippen molar-refractivity contribution in [2.24, 2.45) is 0 Å². The van der Waals surface area contributed by atoms with Gasteiger partial charge in [-0.1, -0.05) is 12.1 Å². The van der Waals surface area contributed by atoms with Crippen LogP contribution in [0.2, 0.25) is 0 Å². The zero-order valence-corrected chi connectivity index (χ0v) is 8.26. The Kier molecular flexibility index (Phi) is 2.17. The Labute approximate surface area is 85.6 Å². The van der Waals surface area contributed by atoms with Crippen LogP contribution >= 0.6 is 11.6 Å². The molecule has 1 heterocycles. The molecule has 1 aromatic heterocycles. The number of benzene rings is 1. The molecule has 3 nitrogen and oxygen atoms in total. The molecule has 0 fully saturated rings. The fourth-order valence-electron chi connectivity index (χ4n) is 1.40. The van der Waals surface area contributed by atoms with Gasteiger partial charge in [-0.25, -0.2) is 0 Å². The molecule has 0 saturated heterocycles. The Morgan fingerprint density at radius 2 is 2.29 bits per heavy atom. The van der Waals surface area contributed by atoms with Gasteiger partial charge in [-0.3, -0.25) is 4.79 Å². The van der Waals surface area contributed by atoms with Crippen LogP contribution < -0.4 is 4.74 Å². The zero-order valence-electron chi connectivity index (χ0n) is 7.50. The number of methoxy groups -OCH3 is 1. The van der Waals surface area contributed by atoms with E-state index in [1.165, 1.54) is 0 Å². The lowest BCUT2D eigenvalue weighted by molar-refractivity contribution is 0.107. The van der Waals surface area contributed by atoms with Gasteiger partial charge in [-0.05, 0) is 23.7 Å². The summed E-state index contributed by atoms with van der Waals surface area (Å²) in [4.78, 5) is 13.8. The third kappa shape index (κ3) is 1.36. The number of aromatic amines is 1. The van der Waals surface area contributed by atoms with Crippen molar-refractivity contribution in [3.63, 3.8) is 0 Å². The summed E-state index contributed by atoms with van der Waals surface area (Å²) in [5.74, 6) is 0.701. The van der Waals surface area contributed by atoms with Gasteiger partial charge in [0.05, 0.1) is 18.3 Å². The van der Waals surface area contributed by atoms with E-state index in [0.717, 1.165) is 10.9 Å². The highest BCUT2D eigenvalue weighted by Crippen LogP contribution is 2.25. The summed E-state index contributed by atoms with van der Waals surface area (Å²) in [6.45, 7) is 0. The Morgan fingerprint density at radius 3 is 2.93 bits per heavy atom. The topological polar surface area (TPSA) is 42.1 Å². The van der Waals surface area contributed by atoms with Gasteiger partial charge in [0, 0.05) is 5.39 Å². The highest BCUT2D eigenvalue weighted by Gasteiger charge is 2.08. The van der Waals surface area contributed by atoms with Crippen LogP contribution in [0, 0.1) is 0 Å². The highest BCUT2D eigenvalue weighted by atomic mass is 35.5. The predicted molar refractivity (Wildman–Crippen MR) is 55.0 cm³/mol. The molecule has 0 aliphatic rings. The number of H-pyrrole nitrogens is 1. The van der Waals surface area contributed by atoms with Crippen molar-refractivity contribution >= 4 is 27.7 Å². The van der Waals surface area contributed by atoms with Crippen LogP contribution in [-0.2, 0) is 0 Å². The van der Waals surface area contributed by atoms with E-state index < -0.39 is 5.24 Å². The van der Waals surface area contributed by atoms with Gasteiger partial charge in [0.25, 0.3) is 5.24 Å². The Morgan fingerprint density at radius 1 is 1.50 bits per heavy atom. The van der Waals surface area contributed by atoms with Crippen molar-refractivity contribution in [2.75, 3.05) is 7.11 Å². The Hall–Kier alpha value is -1.48. The van der Waals surface area contributed by atoms with Gasteiger partial charge in [-0.2, -0.15) is 0 Å². The van der Waals surface area contributed by atoms with Gasteiger partial charge >= 0.3 is 0 Å². The van der Waals surface area contributed by atoms with E-state index in [2.05, 4.69) is 4.98 Å². The van der Waals surface area contributed by atoms with Gasteiger partial charge in [0.2, 0.25) is 0 Å². The normalized spacial score (nSPS) is 10.4. The van der Waals surface area contributed by atoms with Crippen molar-refractivity contribution in [3.8, 4) is 5.75 Å². The lowest BCUT2D eigenvalue weighted by Crippen LogP contribution is -1.87. The molecule has 1 aromatic carbocycles. The quantitative estimate of drug-likeness (QED) is 0.773. The molecule has 2 rings (SSSR count). The smallest absolute Gasteiger partial charge is 0.268 e. The Bertz CT molecular complexity index is 490. The molecule has 0 bridgehead atoms. The number of carbonyl (C=O) groups is 1. The highest BCUT2D eigenvalue weighted by molar-refractivity contribution is 6.67. The molecule has 72 valence electrons. The number of nitrogens with one attached hydrogen (secondary N) is 1. The van der Waals surface area contributed by atoms with Gasteiger partial charge in [-0.15, -0.1) is 0 Å². The summed E-state index contributed by atoms with van der Waals surface area (Å²) in [5.41, 5.74) is 1.17. The fourth-order valence-corrected chi connectivity index (χ4v) is 1.51. The van der Waals surface area contributed by atoms with Crippen molar-refractivity contribution < 1.29 is 9.53 Å². The van der Waals surface area contributed by atoms with Crippen LogP contribution in [0.5, 0.6) is 5.75 Å². The molecular weight excluding hydrogens is 202 g/mol. The molecule has 0 atom stereocenters. The van der Waals surface area contributed by atoms with E-state index in [1.54, 1.807) is 13.2 Å². The maximum absolute atomic E-state index is 10.9. The predicted octanol–water partition coefficient (Wildman–Crippen LogP) is 2.56. The molecule has 0 radical (unpaired) electrons. The number of ether oxygens (including phenoxy) is 1. The first-order valence-electron chi connectivity index (χ1n) is 4.08. The van der Waals surface area contributed by atoms with E-state index in [-0.39, 0.29) is 0 Å². The van der Waals surface area contributed by atoms with Crippen LogP contribution in [0.3, 0.4) is 0 Å². The third-order valence-corrected chi connectivity index (χ3v) is 2.25. The van der Waals surface area contributed by atoms with Crippen molar-refractivity contribution in [1.29, 1.82) is 0 Å². The molecule has 0 aliphatic carbocycles. The zero-order chi connectivity index (χ0) is 10.1. The van der Waals surface area contributed by atoms with Crippen LogP contribution in [0.25, 0.3) is 10.9 Å². The van der Waals surface area contributed by atoms with Crippen LogP contribution in [0.1, 0.15) is 10.5 Å². The lowest BCUT2D eigenvalue weighted by Gasteiger charge is -1.99. The van der Waals surface area contributed by atoms with E-state index in [4.69, 9.17) is 16.3 Å². The van der Waals surface area contributed by atoms with Gasteiger partial charge in [0.1, 0.15) is 5.75 Å². The maximum atomic E-state index is 10.9. The fraction of sp³-hybridized carbons (Fsp3) is 0.100. The van der Waals surface area contributed by atoms with E-state index in [9.17, 15) is 4.79 Å². The average Bonchev–Trinajstić information content (AvgIpc) is 2.60. The van der Waals surface area contributed by atoms with E-state index >= 15 is 0 Å². The number of para-hydroxylation sites is 1. The molecule has 14 heavy (non-hydrogen) atoms. The summed E-state index contributed by atoms with van der Waals surface area (Å²) in [6, 6.07) is 7.27. The van der Waals surface area contributed by atoms with Crippen LogP contribution in [0.4, 0.5) is 0 Å². The molecular formula is C10H8ClNO2. The van der Waals surface area contributed by atoms with Crippen LogP contribution in [0.15, 0.2) is 24.3 Å². The van der Waals surface area contributed by atoms with Crippen molar-refractivity contribution in [3.05, 3.63) is 30.0 Å². The molecule has 0 aliphatic heterocycles. The van der Waals surface area contributed by atoms with Crippen molar-refractivity contribution in [1.82, 2.24) is 4.98 Å². The number of carbonyl (C=O) groups excluding carboxylic acids is 1. The molecule has 0 amide bonds. The van der Waals surface area contributed by atoms with E-state index in [1.807, 2.05) is 18.2 Å². The molecule has 0 unspecified atom stereocenters. The average molecular weight is 210 g/mol. The number of rotatable bonds is 2. The number of fused-ring (bicyclic) bond motifs is 1. The summed E-state index contributed by atoms with van der Waals surface area (Å²) in [7, 11) is 1.58. The number of hydrogen-bond acceptors (Lipinski definition) is 2. The minimum Gasteiger partial charge on any atom is -0.495 e. The minimum atomic E-state index is -0.497. The first kappa shape index (κ1) is 9.09. The number of aromatic nitrogens is 1. The number of halogens is 1. The molecule has 1 N–H and O–H groups in total. The third-order valence-electron chi connectivity index (χ3n) is 2.05. The van der Waals surface area contributed by atoms with Crippen molar-refractivity contribution in [2.45, 2.75) is 0 Å². The minimum absolute atomic E-state index is 0.381. The Balaban J connectivity index is 2.70. The summed E-state index contributed by atoms with van der Waals surface area (Å²) < 4.78 is 5.13. The summed E-state index contributed by atoms with van der Waals surface area (Å²) in [5, 5.41) is 0.414. The second-order valence-electron chi connectivity index (χ2n) is 2.88. The largest absolute Gasteiger partial charge is 0.495 e. The SMILES string of the molecule is COc1cccc2cc(C(=O)Cl)[nH]c12. The van der Waals surface area contributed by atoms with E-state index in [0.29, 0.717) is 11.4 Å². The maximum Gasteiger partial charge on any atom is 0.268 e. The number of hydrogen-bond donors (Lipinski definition) is 1. The molecule has 0 spiro atoms. The molecule has 2 aromatic rings. The second kappa shape index (κ2) is 3.35. The lowest BCUT2D eigenvalue weighted by atomic mass is 10.2. The van der Waals surface area contributed by atoms with Crippen LogP contribution in [-0.4, -0.2) is 17.3 Å². The molecule has 4 heteroatoms. The van der Waals surface area contributed by atoms with Gasteiger partial charge in [0.15, 0.2) is 0 Å². The summed E-state index contributed by atoms with van der Waals surface area (Å²) in [6.07, 6.45) is 0. The summed E-state index contributed by atoms with van der Waals surface area (Å²) >= 11 is 5.36. The standard InChI is InChI=1S/C10H8ClNO2/c1-14-8-4-2-3-6-5-7(10(11)13)12-9(6)8/h2-5,12H,1H3. The van der Waals surface area contributed by atoms with Gasteiger partial charge < -0.3 is 9.72 Å². The first-order chi connectivity index (χ1) is 6.72. The monoisotopic (exact) mass is 209 g/mol. The first-order valence-corrected chi connectivity index (χ1v) is 4.45. The second-order valence-corrected chi connectivity index (χ2v) is 3.22. The molecule has 0 saturated carbocycles.